The summed E-state index contributed by atoms with van der Waals surface area (Å²) in [6.07, 6.45) is 1.49. The Kier molecular flexibility index (Phi) is 3.68. The maximum atomic E-state index is 13.2. The molecule has 0 radical (unpaired) electrons. The summed E-state index contributed by atoms with van der Waals surface area (Å²) in [7, 11) is 1.62. The molecule has 3 heterocycles. The number of imidazole rings is 1. The van der Waals surface area contributed by atoms with E-state index >= 15 is 0 Å². The van der Waals surface area contributed by atoms with Crippen LogP contribution < -0.4 is 4.74 Å². The number of nitrogens with zero attached hydrogens (tertiary/aromatic N) is 4. The Hall–Kier alpha value is -2.54. The summed E-state index contributed by atoms with van der Waals surface area (Å²) in [6, 6.07) is 6.86. The van der Waals surface area contributed by atoms with Gasteiger partial charge in [0.25, 0.3) is 0 Å². The van der Waals surface area contributed by atoms with E-state index in [0.717, 1.165) is 38.0 Å². The number of hydrogen-bond acceptors (Lipinski definition) is 4. The first-order valence-electron chi connectivity index (χ1n) is 7.64. The number of halogens is 2. The van der Waals surface area contributed by atoms with E-state index in [-0.39, 0.29) is 0 Å². The Bertz CT molecular complexity index is 1120. The van der Waals surface area contributed by atoms with Gasteiger partial charge in [0.15, 0.2) is 0 Å². The molecule has 0 spiro atoms. The Morgan fingerprint density at radius 1 is 1.12 bits per heavy atom. The largest absolute Gasteiger partial charge is 0.494 e. The van der Waals surface area contributed by atoms with Gasteiger partial charge in [-0.05, 0) is 38.1 Å². The van der Waals surface area contributed by atoms with Crippen LogP contribution in [-0.4, -0.2) is 26.5 Å². The number of hydrogen-bond donors (Lipinski definition) is 0. The number of fused-ring (bicyclic) bond motifs is 3. The number of ether oxygens (including phenoxy) is 1. The van der Waals surface area contributed by atoms with Crippen molar-refractivity contribution in [2.45, 2.75) is 13.8 Å². The van der Waals surface area contributed by atoms with Crippen molar-refractivity contribution in [1.82, 2.24) is 19.4 Å². The maximum absolute atomic E-state index is 13.2. The van der Waals surface area contributed by atoms with Gasteiger partial charge in [0.2, 0.25) is 5.95 Å². The summed E-state index contributed by atoms with van der Waals surface area (Å²) in [6.45, 7) is 3.88. The third-order valence-corrected chi connectivity index (χ3v) is 4.60. The molecule has 0 aliphatic carbocycles. The Morgan fingerprint density at radius 3 is 2.56 bits per heavy atom. The van der Waals surface area contributed by atoms with Crippen LogP contribution in [0.5, 0.6) is 5.75 Å². The molecular formula is C18H14BrFN4O. The zero-order chi connectivity index (χ0) is 17.7. The lowest BCUT2D eigenvalue weighted by Gasteiger charge is -2.11. The zero-order valence-corrected chi connectivity index (χ0v) is 15.4. The standard InChI is InChI=1S/C18H14BrFN4O/c1-9-17-10(2)23-18(11-4-5-15(20)21-8-11)24(17)13-6-12(19)7-14(25-3)16(13)22-9/h4-8H,1-3H3/i20-1. The fourth-order valence-corrected chi connectivity index (χ4v) is 3.53. The predicted molar refractivity (Wildman–Crippen MR) is 97.4 cm³/mol. The smallest absolute Gasteiger partial charge is 0.212 e. The molecule has 0 bridgehead atoms. The average Bonchev–Trinajstić information content (AvgIpc) is 2.94. The quantitative estimate of drug-likeness (QED) is 0.466. The van der Waals surface area contributed by atoms with E-state index in [2.05, 4.69) is 20.9 Å². The minimum Gasteiger partial charge on any atom is -0.494 e. The molecule has 7 heteroatoms. The Morgan fingerprint density at radius 2 is 1.88 bits per heavy atom. The van der Waals surface area contributed by atoms with Crippen molar-refractivity contribution in [3.05, 3.63) is 52.3 Å². The first kappa shape index (κ1) is 16.0. The lowest BCUT2D eigenvalue weighted by atomic mass is 10.2. The third-order valence-electron chi connectivity index (χ3n) is 4.14. The zero-order valence-electron chi connectivity index (χ0n) is 13.8. The van der Waals surface area contributed by atoms with Crippen LogP contribution >= 0.6 is 15.9 Å². The molecule has 0 saturated heterocycles. The van der Waals surface area contributed by atoms with Gasteiger partial charge in [-0.15, -0.1) is 0 Å². The molecule has 126 valence electrons. The SMILES string of the molecule is COc1cc(Br)cc2c1nc(C)c1c(C)nc(-c3ccc([18F])nc3)n12. The van der Waals surface area contributed by atoms with E-state index in [0.29, 0.717) is 11.6 Å². The number of aromatic nitrogens is 4. The molecule has 4 aromatic rings. The Labute approximate surface area is 151 Å². The summed E-state index contributed by atoms with van der Waals surface area (Å²) in [5.74, 6) is 0.841. The highest BCUT2D eigenvalue weighted by Crippen LogP contribution is 2.34. The predicted octanol–water partition coefficient (Wildman–Crippen LogP) is 4.47. The summed E-state index contributed by atoms with van der Waals surface area (Å²) >= 11 is 3.52. The van der Waals surface area contributed by atoms with Gasteiger partial charge in [-0.3, -0.25) is 4.40 Å². The van der Waals surface area contributed by atoms with E-state index < -0.39 is 5.95 Å². The molecule has 5 nitrogen and oxygen atoms in total. The number of methoxy groups -OCH3 is 1. The van der Waals surface area contributed by atoms with Crippen LogP contribution in [-0.2, 0) is 0 Å². The molecule has 25 heavy (non-hydrogen) atoms. The normalized spacial score (nSPS) is 11.4. The van der Waals surface area contributed by atoms with Gasteiger partial charge in [0.1, 0.15) is 17.1 Å². The topological polar surface area (TPSA) is 52.3 Å². The van der Waals surface area contributed by atoms with Gasteiger partial charge in [-0.1, -0.05) is 15.9 Å². The third kappa shape index (κ3) is 2.46. The molecule has 0 unspecified atom stereocenters. The van der Waals surface area contributed by atoms with Crippen molar-refractivity contribution in [2.24, 2.45) is 0 Å². The van der Waals surface area contributed by atoms with Crippen LogP contribution in [0.25, 0.3) is 27.9 Å². The molecule has 1 aromatic carbocycles. The van der Waals surface area contributed by atoms with Crippen molar-refractivity contribution < 1.29 is 9.13 Å². The lowest BCUT2D eigenvalue weighted by molar-refractivity contribution is 0.418. The van der Waals surface area contributed by atoms with Gasteiger partial charge >= 0.3 is 0 Å². The van der Waals surface area contributed by atoms with E-state index in [9.17, 15) is 4.39 Å². The van der Waals surface area contributed by atoms with Crippen LogP contribution in [0.2, 0.25) is 0 Å². The molecule has 0 aliphatic heterocycles. The summed E-state index contributed by atoms with van der Waals surface area (Å²) in [5.41, 5.74) is 4.95. The van der Waals surface area contributed by atoms with Crippen LogP contribution in [0.1, 0.15) is 11.4 Å². The van der Waals surface area contributed by atoms with Crippen LogP contribution in [0.4, 0.5) is 4.39 Å². The summed E-state index contributed by atoms with van der Waals surface area (Å²) in [4.78, 5) is 13.2. The van der Waals surface area contributed by atoms with Crippen molar-refractivity contribution in [1.29, 1.82) is 0 Å². The van der Waals surface area contributed by atoms with Gasteiger partial charge in [-0.25, -0.2) is 15.0 Å². The van der Waals surface area contributed by atoms with Crippen LogP contribution in [0, 0.1) is 19.8 Å². The second-order valence-electron chi connectivity index (χ2n) is 5.75. The fourth-order valence-electron chi connectivity index (χ4n) is 3.11. The minimum atomic E-state index is -0.520. The van der Waals surface area contributed by atoms with Gasteiger partial charge in [0.05, 0.1) is 29.5 Å². The second kappa shape index (κ2) is 5.77. The fraction of sp³-hybridized carbons (Fsp3) is 0.167. The average molecular weight is 400 g/mol. The molecule has 0 fully saturated rings. The first-order valence-corrected chi connectivity index (χ1v) is 8.43. The molecule has 0 amide bonds. The van der Waals surface area contributed by atoms with Crippen molar-refractivity contribution in [3.63, 3.8) is 0 Å². The van der Waals surface area contributed by atoms with Gasteiger partial charge in [-0.2, -0.15) is 4.39 Å². The minimum absolute atomic E-state index is 0.520. The maximum Gasteiger partial charge on any atom is 0.212 e. The molecule has 0 N–H and O–H groups in total. The molecule has 4 rings (SSSR count). The highest BCUT2D eigenvalue weighted by atomic mass is 79.9. The van der Waals surface area contributed by atoms with Crippen molar-refractivity contribution in [2.75, 3.05) is 7.11 Å². The van der Waals surface area contributed by atoms with E-state index in [1.54, 1.807) is 13.2 Å². The monoisotopic (exact) mass is 399 g/mol. The second-order valence-corrected chi connectivity index (χ2v) is 6.66. The lowest BCUT2D eigenvalue weighted by Crippen LogP contribution is -2.00. The van der Waals surface area contributed by atoms with Crippen molar-refractivity contribution >= 4 is 32.5 Å². The van der Waals surface area contributed by atoms with Crippen LogP contribution in [0.15, 0.2) is 34.9 Å². The van der Waals surface area contributed by atoms with E-state index in [1.165, 1.54) is 12.3 Å². The number of pyridine rings is 1. The summed E-state index contributed by atoms with van der Waals surface area (Å²) in [5, 5.41) is 0. The highest BCUT2D eigenvalue weighted by molar-refractivity contribution is 9.10. The number of benzene rings is 1. The molecule has 3 aromatic heterocycles. The van der Waals surface area contributed by atoms with E-state index in [1.807, 2.05) is 30.4 Å². The molecule has 0 aliphatic rings. The van der Waals surface area contributed by atoms with Crippen molar-refractivity contribution in [3.8, 4) is 17.1 Å². The summed E-state index contributed by atoms with van der Waals surface area (Å²) < 4.78 is 21.6. The van der Waals surface area contributed by atoms with E-state index in [4.69, 9.17) is 14.7 Å². The number of rotatable bonds is 2. The Balaban J connectivity index is 2.20. The highest BCUT2D eigenvalue weighted by Gasteiger charge is 2.18. The number of aryl methyl sites for hydroxylation is 2. The molecular weight excluding hydrogens is 386 g/mol. The van der Waals surface area contributed by atoms with Crippen LogP contribution in [0.3, 0.4) is 0 Å². The van der Waals surface area contributed by atoms with Gasteiger partial charge < -0.3 is 4.74 Å². The first-order chi connectivity index (χ1) is 12.0. The van der Waals surface area contributed by atoms with Gasteiger partial charge in [0, 0.05) is 16.2 Å². The molecule has 0 saturated carbocycles. The molecule has 0 atom stereocenters.